The van der Waals surface area contributed by atoms with Gasteiger partial charge in [-0.2, -0.15) is 4.31 Å². The molecule has 1 fully saturated rings. The van der Waals surface area contributed by atoms with Gasteiger partial charge in [0.2, 0.25) is 10.0 Å². The molecule has 1 aliphatic rings. The van der Waals surface area contributed by atoms with Crippen molar-refractivity contribution in [2.75, 3.05) is 13.1 Å². The fraction of sp³-hybridized carbons (Fsp3) is 0.263. The highest BCUT2D eigenvalue weighted by Gasteiger charge is 2.30. The second kappa shape index (κ2) is 7.27. The predicted octanol–water partition coefficient (Wildman–Crippen LogP) is 3.21. The summed E-state index contributed by atoms with van der Waals surface area (Å²) in [5.74, 6) is -0.446. The summed E-state index contributed by atoms with van der Waals surface area (Å²) >= 11 is 5.83. The molecule has 2 heterocycles. The van der Waals surface area contributed by atoms with E-state index in [4.69, 9.17) is 11.6 Å². The van der Waals surface area contributed by atoms with Crippen molar-refractivity contribution in [3.63, 3.8) is 0 Å². The summed E-state index contributed by atoms with van der Waals surface area (Å²) in [5.41, 5.74) is 0.0630. The first-order chi connectivity index (χ1) is 13.4. The van der Waals surface area contributed by atoms with Gasteiger partial charge in [-0.3, -0.25) is 9.36 Å². The van der Waals surface area contributed by atoms with Crippen molar-refractivity contribution in [2.24, 2.45) is 0 Å². The molecule has 0 radical (unpaired) electrons. The number of halogens is 2. The molecule has 1 aliphatic heterocycles. The normalized spacial score (nSPS) is 16.5. The van der Waals surface area contributed by atoms with Gasteiger partial charge < -0.3 is 0 Å². The Balaban J connectivity index is 1.55. The molecule has 2 aromatic carbocycles. The van der Waals surface area contributed by atoms with Crippen LogP contribution in [0, 0.1) is 5.82 Å². The van der Waals surface area contributed by atoms with Gasteiger partial charge in [0.25, 0.3) is 5.56 Å². The number of sulfonamides is 1. The lowest BCUT2D eigenvalue weighted by molar-refractivity contribution is 0.269. The molecule has 4 rings (SSSR count). The van der Waals surface area contributed by atoms with Crippen LogP contribution in [-0.2, 0) is 10.0 Å². The van der Waals surface area contributed by atoms with E-state index >= 15 is 0 Å². The highest BCUT2D eigenvalue weighted by molar-refractivity contribution is 7.89. The Hall–Kier alpha value is -2.29. The highest BCUT2D eigenvalue weighted by Crippen LogP contribution is 2.27. The second-order valence-electron chi connectivity index (χ2n) is 6.71. The van der Waals surface area contributed by atoms with Gasteiger partial charge in [-0.1, -0.05) is 11.6 Å². The van der Waals surface area contributed by atoms with Gasteiger partial charge in [-0.15, -0.1) is 0 Å². The van der Waals surface area contributed by atoms with Crippen molar-refractivity contribution in [1.82, 2.24) is 13.9 Å². The maximum Gasteiger partial charge on any atom is 0.261 e. The van der Waals surface area contributed by atoms with Crippen LogP contribution < -0.4 is 5.56 Å². The number of benzene rings is 2. The van der Waals surface area contributed by atoms with E-state index < -0.39 is 15.8 Å². The van der Waals surface area contributed by atoms with E-state index in [9.17, 15) is 17.6 Å². The fourth-order valence-electron chi connectivity index (χ4n) is 3.48. The van der Waals surface area contributed by atoms with Crippen LogP contribution in [-0.4, -0.2) is 35.4 Å². The summed E-state index contributed by atoms with van der Waals surface area (Å²) in [6.45, 7) is 0.590. The zero-order chi connectivity index (χ0) is 19.9. The molecule has 3 aromatic rings. The zero-order valence-electron chi connectivity index (χ0n) is 14.8. The molecule has 1 saturated heterocycles. The molecule has 0 bridgehead atoms. The minimum Gasteiger partial charge on any atom is -0.296 e. The summed E-state index contributed by atoms with van der Waals surface area (Å²) in [4.78, 5) is 17.1. The lowest BCUT2D eigenvalue weighted by Gasteiger charge is -2.32. The van der Waals surface area contributed by atoms with Crippen LogP contribution in [0.4, 0.5) is 4.39 Å². The lowest BCUT2D eigenvalue weighted by Crippen LogP contribution is -2.40. The average molecular weight is 422 g/mol. The molecule has 0 amide bonds. The van der Waals surface area contributed by atoms with Gasteiger partial charge in [-0.25, -0.2) is 17.8 Å². The van der Waals surface area contributed by atoms with Crippen LogP contribution in [0.1, 0.15) is 18.9 Å². The molecular weight excluding hydrogens is 405 g/mol. The Morgan fingerprint density at radius 1 is 1.07 bits per heavy atom. The van der Waals surface area contributed by atoms with Crippen molar-refractivity contribution in [1.29, 1.82) is 0 Å². The summed E-state index contributed by atoms with van der Waals surface area (Å²) < 4.78 is 41.8. The van der Waals surface area contributed by atoms with Gasteiger partial charge >= 0.3 is 0 Å². The van der Waals surface area contributed by atoms with Crippen LogP contribution >= 0.6 is 11.6 Å². The summed E-state index contributed by atoms with van der Waals surface area (Å²) in [6, 6.07) is 9.79. The van der Waals surface area contributed by atoms with Crippen molar-refractivity contribution in [3.8, 4) is 0 Å². The maximum absolute atomic E-state index is 13.3. The second-order valence-corrected chi connectivity index (χ2v) is 9.08. The van der Waals surface area contributed by atoms with E-state index in [2.05, 4.69) is 4.98 Å². The van der Waals surface area contributed by atoms with E-state index in [0.717, 1.165) is 0 Å². The Kier molecular flexibility index (Phi) is 4.95. The van der Waals surface area contributed by atoms with Gasteiger partial charge in [0.05, 0.1) is 22.1 Å². The fourth-order valence-corrected chi connectivity index (χ4v) is 5.08. The molecule has 0 saturated carbocycles. The molecule has 1 aromatic heterocycles. The standard InChI is InChI=1S/C19H17ClFN3O3S/c20-13-1-4-16(5-2-13)28(26,27)23-9-7-15(8-10-23)24-12-22-18-11-14(21)3-6-17(18)19(24)25/h1-6,11-12,15H,7-10H2. The van der Waals surface area contributed by atoms with Crippen molar-refractivity contribution in [3.05, 3.63) is 70.0 Å². The van der Waals surface area contributed by atoms with E-state index in [-0.39, 0.29) is 16.5 Å². The quantitative estimate of drug-likeness (QED) is 0.651. The summed E-state index contributed by atoms with van der Waals surface area (Å²) in [5, 5.41) is 0.820. The number of hydrogen-bond donors (Lipinski definition) is 0. The number of nitrogens with zero attached hydrogens (tertiary/aromatic N) is 3. The van der Waals surface area contributed by atoms with E-state index in [0.29, 0.717) is 41.9 Å². The first kappa shape index (κ1) is 19.0. The first-order valence-corrected chi connectivity index (χ1v) is 10.6. The van der Waals surface area contributed by atoms with Gasteiger partial charge in [0.15, 0.2) is 0 Å². The minimum absolute atomic E-state index is 0.161. The molecule has 146 valence electrons. The largest absolute Gasteiger partial charge is 0.296 e. The summed E-state index contributed by atoms with van der Waals surface area (Å²) in [7, 11) is -3.60. The van der Waals surface area contributed by atoms with Crippen molar-refractivity contribution in [2.45, 2.75) is 23.8 Å². The molecule has 0 atom stereocenters. The van der Waals surface area contributed by atoms with E-state index in [1.165, 1.54) is 45.5 Å². The zero-order valence-corrected chi connectivity index (χ0v) is 16.3. The van der Waals surface area contributed by atoms with Gasteiger partial charge in [0, 0.05) is 30.2 Å². The lowest BCUT2D eigenvalue weighted by atomic mass is 10.1. The Morgan fingerprint density at radius 2 is 1.75 bits per heavy atom. The Morgan fingerprint density at radius 3 is 2.43 bits per heavy atom. The number of aromatic nitrogens is 2. The Bertz CT molecular complexity index is 1190. The first-order valence-electron chi connectivity index (χ1n) is 8.78. The van der Waals surface area contributed by atoms with Crippen LogP contribution in [0.15, 0.2) is 58.5 Å². The van der Waals surface area contributed by atoms with E-state index in [1.807, 2.05) is 0 Å². The molecule has 0 unspecified atom stereocenters. The number of rotatable bonds is 3. The molecule has 0 spiro atoms. The van der Waals surface area contributed by atoms with Crippen LogP contribution in [0.5, 0.6) is 0 Å². The SMILES string of the molecule is O=c1c2ccc(F)cc2ncn1C1CCN(S(=O)(=O)c2ccc(Cl)cc2)CC1. The average Bonchev–Trinajstić information content (AvgIpc) is 2.68. The third-order valence-corrected chi connectivity index (χ3v) is 7.18. The predicted molar refractivity (Wildman–Crippen MR) is 104 cm³/mol. The third-order valence-electron chi connectivity index (χ3n) is 5.01. The van der Waals surface area contributed by atoms with Gasteiger partial charge in [-0.05, 0) is 49.2 Å². The van der Waals surface area contributed by atoms with E-state index in [1.54, 1.807) is 12.1 Å². The van der Waals surface area contributed by atoms with Gasteiger partial charge in [0.1, 0.15) is 5.82 Å². The molecule has 28 heavy (non-hydrogen) atoms. The smallest absolute Gasteiger partial charge is 0.261 e. The summed E-state index contributed by atoms with van der Waals surface area (Å²) in [6.07, 6.45) is 2.39. The highest BCUT2D eigenvalue weighted by atomic mass is 35.5. The minimum atomic E-state index is -3.60. The Labute approximate surface area is 166 Å². The topological polar surface area (TPSA) is 72.3 Å². The number of hydrogen-bond acceptors (Lipinski definition) is 4. The molecule has 0 aliphatic carbocycles. The number of fused-ring (bicyclic) bond motifs is 1. The van der Waals surface area contributed by atoms with Crippen molar-refractivity contribution >= 4 is 32.5 Å². The molecule has 9 heteroatoms. The molecule has 0 N–H and O–H groups in total. The van der Waals surface area contributed by atoms with Crippen LogP contribution in [0.3, 0.4) is 0 Å². The number of piperidine rings is 1. The maximum atomic E-state index is 13.3. The van der Waals surface area contributed by atoms with Crippen molar-refractivity contribution < 1.29 is 12.8 Å². The molecular formula is C19H17ClFN3O3S. The monoisotopic (exact) mass is 421 g/mol. The molecule has 6 nitrogen and oxygen atoms in total. The van der Waals surface area contributed by atoms with Crippen LogP contribution in [0.25, 0.3) is 10.9 Å². The van der Waals surface area contributed by atoms with Crippen LogP contribution in [0.2, 0.25) is 5.02 Å². The third kappa shape index (κ3) is 3.43.